The van der Waals surface area contributed by atoms with E-state index in [1.165, 1.54) is 45.2 Å². The van der Waals surface area contributed by atoms with Crippen molar-refractivity contribution in [2.24, 2.45) is 5.73 Å². The number of unbranched alkanes of at least 4 members (excludes halogenated alkanes) is 1. The van der Waals surface area contributed by atoms with Crippen molar-refractivity contribution in [1.29, 1.82) is 0 Å². The van der Waals surface area contributed by atoms with E-state index in [0.29, 0.717) is 6.04 Å². The van der Waals surface area contributed by atoms with Gasteiger partial charge in [0.05, 0.1) is 0 Å². The monoisotopic (exact) mass is 170 g/mol. The maximum Gasteiger partial charge on any atom is 0.0218 e. The normalized spacial score (nSPS) is 26.0. The molecule has 1 atom stereocenters. The van der Waals surface area contributed by atoms with Crippen LogP contribution >= 0.6 is 0 Å². The molecule has 1 aliphatic heterocycles. The zero-order valence-electron chi connectivity index (χ0n) is 8.26. The fourth-order valence-corrected chi connectivity index (χ4v) is 1.98. The summed E-state index contributed by atoms with van der Waals surface area (Å²) >= 11 is 0. The van der Waals surface area contributed by atoms with Crippen LogP contribution in [0.3, 0.4) is 0 Å². The molecule has 12 heavy (non-hydrogen) atoms. The Morgan fingerprint density at radius 2 is 2.25 bits per heavy atom. The molecule has 2 heteroatoms. The van der Waals surface area contributed by atoms with E-state index in [1.54, 1.807) is 0 Å². The van der Waals surface area contributed by atoms with Crippen LogP contribution in [0.15, 0.2) is 0 Å². The summed E-state index contributed by atoms with van der Waals surface area (Å²) in [4.78, 5) is 2.58. The van der Waals surface area contributed by atoms with Crippen molar-refractivity contribution in [2.75, 3.05) is 19.6 Å². The molecule has 0 spiro atoms. The molecule has 72 valence electrons. The fraction of sp³-hybridized carbons (Fsp3) is 1.00. The molecule has 1 fully saturated rings. The van der Waals surface area contributed by atoms with Crippen LogP contribution in [0.1, 0.15) is 39.0 Å². The third-order valence-electron chi connectivity index (χ3n) is 2.82. The molecule has 1 heterocycles. The quantitative estimate of drug-likeness (QED) is 0.694. The maximum absolute atomic E-state index is 5.72. The van der Waals surface area contributed by atoms with Gasteiger partial charge in [-0.15, -0.1) is 0 Å². The van der Waals surface area contributed by atoms with Gasteiger partial charge in [-0.3, -0.25) is 4.90 Å². The van der Waals surface area contributed by atoms with Crippen molar-refractivity contribution in [3.8, 4) is 0 Å². The van der Waals surface area contributed by atoms with Crippen LogP contribution in [0.25, 0.3) is 0 Å². The molecule has 0 aromatic carbocycles. The minimum atomic E-state index is 0.685. The summed E-state index contributed by atoms with van der Waals surface area (Å²) in [6, 6.07) is 0.685. The zero-order chi connectivity index (χ0) is 8.81. The number of rotatable bonds is 4. The Balaban J connectivity index is 2.26. The Morgan fingerprint density at radius 3 is 2.92 bits per heavy atom. The molecule has 0 aliphatic carbocycles. The van der Waals surface area contributed by atoms with Crippen molar-refractivity contribution in [2.45, 2.75) is 45.1 Å². The van der Waals surface area contributed by atoms with E-state index in [4.69, 9.17) is 5.73 Å². The van der Waals surface area contributed by atoms with E-state index < -0.39 is 0 Å². The van der Waals surface area contributed by atoms with Crippen LogP contribution in [-0.4, -0.2) is 30.6 Å². The van der Waals surface area contributed by atoms with Gasteiger partial charge in [-0.25, -0.2) is 0 Å². The first-order chi connectivity index (χ1) is 5.88. The molecule has 2 N–H and O–H groups in total. The zero-order valence-corrected chi connectivity index (χ0v) is 8.26. The van der Waals surface area contributed by atoms with Crippen molar-refractivity contribution < 1.29 is 0 Å². The highest BCUT2D eigenvalue weighted by molar-refractivity contribution is 4.76. The Morgan fingerprint density at radius 1 is 1.42 bits per heavy atom. The second-order valence-electron chi connectivity index (χ2n) is 3.77. The first kappa shape index (κ1) is 10.0. The van der Waals surface area contributed by atoms with Crippen molar-refractivity contribution in [3.63, 3.8) is 0 Å². The van der Waals surface area contributed by atoms with Crippen LogP contribution in [0.4, 0.5) is 0 Å². The Bertz CT molecular complexity index is 114. The molecule has 0 saturated carbocycles. The Kier molecular flexibility index (Phi) is 4.62. The first-order valence-electron chi connectivity index (χ1n) is 5.32. The molecule has 1 rings (SSSR count). The number of hydrogen-bond donors (Lipinski definition) is 1. The molecule has 0 unspecified atom stereocenters. The maximum atomic E-state index is 5.72. The van der Waals surface area contributed by atoms with E-state index >= 15 is 0 Å². The smallest absolute Gasteiger partial charge is 0.0218 e. The summed E-state index contributed by atoms with van der Waals surface area (Å²) in [5.74, 6) is 0. The molecule has 0 radical (unpaired) electrons. The van der Waals surface area contributed by atoms with Crippen LogP contribution in [0.2, 0.25) is 0 Å². The minimum absolute atomic E-state index is 0.685. The number of nitrogens with two attached hydrogens (primary N) is 1. The van der Waals surface area contributed by atoms with Gasteiger partial charge in [0.1, 0.15) is 0 Å². The van der Waals surface area contributed by atoms with E-state index in [2.05, 4.69) is 11.8 Å². The van der Waals surface area contributed by atoms with Crippen LogP contribution in [0, 0.1) is 0 Å². The van der Waals surface area contributed by atoms with Gasteiger partial charge >= 0.3 is 0 Å². The van der Waals surface area contributed by atoms with Crippen LogP contribution in [0.5, 0.6) is 0 Å². The van der Waals surface area contributed by atoms with Crippen molar-refractivity contribution >= 4 is 0 Å². The Hall–Kier alpha value is -0.0800. The van der Waals surface area contributed by atoms with Gasteiger partial charge in [0, 0.05) is 12.6 Å². The SMILES string of the molecule is CCCCN1CCCC[C@H]1CN. The topological polar surface area (TPSA) is 29.3 Å². The highest BCUT2D eigenvalue weighted by Crippen LogP contribution is 2.16. The summed E-state index contributed by atoms with van der Waals surface area (Å²) in [6.45, 7) is 5.64. The van der Waals surface area contributed by atoms with Crippen molar-refractivity contribution in [1.82, 2.24) is 4.90 Å². The summed E-state index contributed by atoms with van der Waals surface area (Å²) in [6.07, 6.45) is 6.70. The molecular formula is C10H22N2. The summed E-state index contributed by atoms with van der Waals surface area (Å²) in [7, 11) is 0. The lowest BCUT2D eigenvalue weighted by molar-refractivity contribution is 0.151. The van der Waals surface area contributed by atoms with Crippen LogP contribution in [-0.2, 0) is 0 Å². The highest BCUT2D eigenvalue weighted by Gasteiger charge is 2.19. The van der Waals surface area contributed by atoms with Gasteiger partial charge in [0.2, 0.25) is 0 Å². The molecule has 2 nitrogen and oxygen atoms in total. The standard InChI is InChI=1S/C10H22N2/c1-2-3-7-12-8-5-4-6-10(12)9-11/h10H,2-9,11H2,1H3/t10-/m0/s1. The van der Waals surface area contributed by atoms with Gasteiger partial charge < -0.3 is 5.73 Å². The molecule has 1 aliphatic rings. The Labute approximate surface area is 76.1 Å². The molecule has 0 amide bonds. The van der Waals surface area contributed by atoms with E-state index in [9.17, 15) is 0 Å². The van der Waals surface area contributed by atoms with Gasteiger partial charge in [0.15, 0.2) is 0 Å². The second-order valence-corrected chi connectivity index (χ2v) is 3.77. The average Bonchev–Trinajstić information content (AvgIpc) is 2.15. The van der Waals surface area contributed by atoms with Gasteiger partial charge in [-0.05, 0) is 32.4 Å². The molecule has 1 saturated heterocycles. The van der Waals surface area contributed by atoms with Gasteiger partial charge in [0.25, 0.3) is 0 Å². The summed E-state index contributed by atoms with van der Waals surface area (Å²) < 4.78 is 0. The lowest BCUT2D eigenvalue weighted by Gasteiger charge is -2.34. The third kappa shape index (κ3) is 2.76. The molecule has 0 aromatic heterocycles. The summed E-state index contributed by atoms with van der Waals surface area (Å²) in [5.41, 5.74) is 5.72. The van der Waals surface area contributed by atoms with E-state index in [-0.39, 0.29) is 0 Å². The van der Waals surface area contributed by atoms with Gasteiger partial charge in [-0.2, -0.15) is 0 Å². The van der Waals surface area contributed by atoms with E-state index in [0.717, 1.165) is 6.54 Å². The van der Waals surface area contributed by atoms with Crippen molar-refractivity contribution in [3.05, 3.63) is 0 Å². The predicted octanol–water partition coefficient (Wildman–Crippen LogP) is 1.60. The lowest BCUT2D eigenvalue weighted by atomic mass is 10.0. The van der Waals surface area contributed by atoms with E-state index in [1.807, 2.05) is 0 Å². The van der Waals surface area contributed by atoms with Crippen LogP contribution < -0.4 is 5.73 Å². The molecule has 0 aromatic rings. The first-order valence-corrected chi connectivity index (χ1v) is 5.32. The molecular weight excluding hydrogens is 148 g/mol. The number of piperidine rings is 1. The summed E-state index contributed by atoms with van der Waals surface area (Å²) in [5, 5.41) is 0. The highest BCUT2D eigenvalue weighted by atomic mass is 15.2. The molecule has 0 bridgehead atoms. The number of nitrogens with zero attached hydrogens (tertiary/aromatic N) is 1. The number of hydrogen-bond acceptors (Lipinski definition) is 2. The fourth-order valence-electron chi connectivity index (χ4n) is 1.98. The lowest BCUT2D eigenvalue weighted by Crippen LogP contribution is -2.44. The predicted molar refractivity (Wildman–Crippen MR) is 53.2 cm³/mol. The number of likely N-dealkylation sites (tertiary alicyclic amines) is 1. The minimum Gasteiger partial charge on any atom is -0.329 e. The van der Waals surface area contributed by atoms with Gasteiger partial charge in [-0.1, -0.05) is 19.8 Å². The average molecular weight is 170 g/mol. The third-order valence-corrected chi connectivity index (χ3v) is 2.82. The second kappa shape index (κ2) is 5.55. The largest absolute Gasteiger partial charge is 0.329 e.